The van der Waals surface area contributed by atoms with E-state index in [1.54, 1.807) is 23.3 Å². The first-order valence-corrected chi connectivity index (χ1v) is 7.72. The minimum Gasteiger partial charge on any atom is -0.480 e. The molecule has 0 spiro atoms. The van der Waals surface area contributed by atoms with E-state index in [9.17, 15) is 4.79 Å². The van der Waals surface area contributed by atoms with Crippen LogP contribution in [0.3, 0.4) is 0 Å². The van der Waals surface area contributed by atoms with Crippen molar-refractivity contribution in [3.8, 4) is 10.6 Å². The van der Waals surface area contributed by atoms with Gasteiger partial charge in [-0.15, -0.1) is 11.3 Å². The van der Waals surface area contributed by atoms with Crippen LogP contribution in [0.2, 0.25) is 0 Å². The molecule has 0 aliphatic heterocycles. The van der Waals surface area contributed by atoms with Crippen molar-refractivity contribution in [1.29, 1.82) is 0 Å². The van der Waals surface area contributed by atoms with Gasteiger partial charge in [0.1, 0.15) is 5.01 Å². The summed E-state index contributed by atoms with van der Waals surface area (Å²) in [6.45, 7) is 4.99. The Bertz CT molecular complexity index is 605. The maximum absolute atomic E-state index is 10.7. The van der Waals surface area contributed by atoms with Crippen LogP contribution in [-0.2, 0) is 11.3 Å². The van der Waals surface area contributed by atoms with E-state index >= 15 is 0 Å². The highest BCUT2D eigenvalue weighted by molar-refractivity contribution is 7.15. The summed E-state index contributed by atoms with van der Waals surface area (Å²) in [6, 6.07) is 8.47. The van der Waals surface area contributed by atoms with Crippen molar-refractivity contribution in [2.75, 3.05) is 13.6 Å². The normalized spacial score (nSPS) is 11.3. The van der Waals surface area contributed by atoms with E-state index in [4.69, 9.17) is 5.11 Å². The Balaban J connectivity index is 2.07. The maximum atomic E-state index is 10.7. The fourth-order valence-electron chi connectivity index (χ4n) is 2.08. The number of hydrogen-bond acceptors (Lipinski definition) is 4. The average molecular weight is 304 g/mol. The topological polar surface area (TPSA) is 53.4 Å². The van der Waals surface area contributed by atoms with Gasteiger partial charge >= 0.3 is 5.97 Å². The summed E-state index contributed by atoms with van der Waals surface area (Å²) in [6.07, 6.45) is 1.83. The first-order chi connectivity index (χ1) is 9.95. The second kappa shape index (κ2) is 6.83. The van der Waals surface area contributed by atoms with Crippen LogP contribution in [0, 0.1) is 0 Å². The fraction of sp³-hybridized carbons (Fsp3) is 0.375. The van der Waals surface area contributed by atoms with Crippen LogP contribution in [0.4, 0.5) is 0 Å². The lowest BCUT2D eigenvalue weighted by molar-refractivity contribution is -0.138. The van der Waals surface area contributed by atoms with Gasteiger partial charge in [0, 0.05) is 23.2 Å². The smallest absolute Gasteiger partial charge is 0.317 e. The molecule has 5 heteroatoms. The van der Waals surface area contributed by atoms with Gasteiger partial charge in [0.2, 0.25) is 0 Å². The van der Waals surface area contributed by atoms with Crippen molar-refractivity contribution in [3.63, 3.8) is 0 Å². The number of thiazole rings is 1. The highest BCUT2D eigenvalue weighted by Crippen LogP contribution is 2.27. The van der Waals surface area contributed by atoms with E-state index < -0.39 is 5.97 Å². The van der Waals surface area contributed by atoms with Gasteiger partial charge in [-0.2, -0.15) is 0 Å². The zero-order valence-electron chi connectivity index (χ0n) is 12.5. The van der Waals surface area contributed by atoms with E-state index in [2.05, 4.69) is 43.1 Å². The number of carboxylic acids is 1. The summed E-state index contributed by atoms with van der Waals surface area (Å²) in [5.74, 6) is -0.290. The molecule has 0 atom stereocenters. The number of benzene rings is 1. The summed E-state index contributed by atoms with van der Waals surface area (Å²) >= 11 is 1.61. The van der Waals surface area contributed by atoms with Gasteiger partial charge in [0.25, 0.3) is 0 Å². The predicted molar refractivity (Wildman–Crippen MR) is 85.6 cm³/mol. The molecule has 1 N–H and O–H groups in total. The third kappa shape index (κ3) is 4.37. The molecule has 2 aromatic rings. The van der Waals surface area contributed by atoms with Crippen molar-refractivity contribution in [3.05, 3.63) is 40.9 Å². The number of aromatic nitrogens is 1. The third-order valence-electron chi connectivity index (χ3n) is 3.21. The van der Waals surface area contributed by atoms with Crippen molar-refractivity contribution in [2.24, 2.45) is 0 Å². The van der Waals surface area contributed by atoms with Crippen LogP contribution in [0.15, 0.2) is 30.5 Å². The van der Waals surface area contributed by atoms with Crippen LogP contribution in [0.1, 0.15) is 30.2 Å². The minimum atomic E-state index is -0.813. The van der Waals surface area contributed by atoms with Gasteiger partial charge in [-0.3, -0.25) is 9.69 Å². The highest BCUT2D eigenvalue weighted by atomic mass is 32.1. The van der Waals surface area contributed by atoms with E-state index in [-0.39, 0.29) is 6.54 Å². The number of likely N-dealkylation sites (N-methyl/N-ethyl adjacent to an activating group) is 1. The summed E-state index contributed by atoms with van der Waals surface area (Å²) in [7, 11) is 1.80. The maximum Gasteiger partial charge on any atom is 0.317 e. The SMILES string of the molecule is CC(C)c1ccc(-c2ncc(CN(C)CC(=O)O)s2)cc1. The van der Waals surface area contributed by atoms with Gasteiger partial charge in [-0.05, 0) is 18.5 Å². The molecular formula is C16H20N2O2S. The summed E-state index contributed by atoms with van der Waals surface area (Å²) < 4.78 is 0. The van der Waals surface area contributed by atoms with Crippen LogP contribution in [0.5, 0.6) is 0 Å². The monoisotopic (exact) mass is 304 g/mol. The quantitative estimate of drug-likeness (QED) is 0.888. The molecule has 0 bridgehead atoms. The minimum absolute atomic E-state index is 0.0380. The van der Waals surface area contributed by atoms with Crippen molar-refractivity contribution >= 4 is 17.3 Å². The standard InChI is InChI=1S/C16H20N2O2S/c1-11(2)12-4-6-13(7-5-12)16-17-8-14(21-16)9-18(3)10-15(19)20/h4-8,11H,9-10H2,1-3H3,(H,19,20). The van der Waals surface area contributed by atoms with Gasteiger partial charge in [-0.25, -0.2) is 4.98 Å². The molecule has 1 aromatic carbocycles. The molecule has 0 radical (unpaired) electrons. The average Bonchev–Trinajstić information content (AvgIpc) is 2.86. The molecule has 112 valence electrons. The summed E-state index contributed by atoms with van der Waals surface area (Å²) in [4.78, 5) is 17.9. The molecule has 0 unspecified atom stereocenters. The number of hydrogen-bond donors (Lipinski definition) is 1. The number of nitrogens with zero attached hydrogens (tertiary/aromatic N) is 2. The van der Waals surface area contributed by atoms with Gasteiger partial charge in [0.15, 0.2) is 0 Å². The lowest BCUT2D eigenvalue weighted by Gasteiger charge is -2.11. The molecule has 0 aliphatic rings. The molecule has 4 nitrogen and oxygen atoms in total. The molecule has 21 heavy (non-hydrogen) atoms. The number of aliphatic carboxylic acids is 1. The third-order valence-corrected chi connectivity index (χ3v) is 4.24. The Morgan fingerprint density at radius 3 is 2.57 bits per heavy atom. The first-order valence-electron chi connectivity index (χ1n) is 6.91. The van der Waals surface area contributed by atoms with E-state index in [1.165, 1.54) is 5.56 Å². The van der Waals surface area contributed by atoms with Crippen molar-refractivity contribution in [2.45, 2.75) is 26.3 Å². The van der Waals surface area contributed by atoms with Crippen molar-refractivity contribution in [1.82, 2.24) is 9.88 Å². The first kappa shape index (κ1) is 15.7. The van der Waals surface area contributed by atoms with Crippen molar-refractivity contribution < 1.29 is 9.90 Å². The number of rotatable bonds is 6. The lowest BCUT2D eigenvalue weighted by atomic mass is 10.0. The molecule has 2 rings (SSSR count). The zero-order valence-corrected chi connectivity index (χ0v) is 13.4. The van der Waals surface area contributed by atoms with Crippen LogP contribution < -0.4 is 0 Å². The van der Waals surface area contributed by atoms with Crippen LogP contribution in [0.25, 0.3) is 10.6 Å². The molecule has 1 heterocycles. The van der Waals surface area contributed by atoms with Gasteiger partial charge in [0.05, 0.1) is 6.54 Å². The van der Waals surface area contributed by atoms with E-state index in [0.29, 0.717) is 12.5 Å². The number of carboxylic acid groups (broad SMARTS) is 1. The van der Waals surface area contributed by atoms with Gasteiger partial charge in [-0.1, -0.05) is 38.1 Å². The Morgan fingerprint density at radius 1 is 1.33 bits per heavy atom. The Labute approximate surface area is 129 Å². The Hall–Kier alpha value is -1.72. The second-order valence-corrected chi connectivity index (χ2v) is 6.59. The molecule has 0 saturated carbocycles. The van der Waals surface area contributed by atoms with Crippen LogP contribution >= 0.6 is 11.3 Å². The summed E-state index contributed by atoms with van der Waals surface area (Å²) in [5.41, 5.74) is 2.42. The Morgan fingerprint density at radius 2 is 2.00 bits per heavy atom. The molecule has 1 aromatic heterocycles. The Kier molecular flexibility index (Phi) is 5.09. The molecule has 0 saturated heterocycles. The van der Waals surface area contributed by atoms with E-state index in [0.717, 1.165) is 15.4 Å². The fourth-order valence-corrected chi connectivity index (χ4v) is 3.08. The van der Waals surface area contributed by atoms with Gasteiger partial charge < -0.3 is 5.11 Å². The lowest BCUT2D eigenvalue weighted by Crippen LogP contribution is -2.24. The highest BCUT2D eigenvalue weighted by Gasteiger charge is 2.09. The zero-order chi connectivity index (χ0) is 15.4. The molecular weight excluding hydrogens is 284 g/mol. The number of carbonyl (C=O) groups is 1. The predicted octanol–water partition coefficient (Wildman–Crippen LogP) is 3.45. The molecule has 0 amide bonds. The van der Waals surface area contributed by atoms with E-state index in [1.807, 2.05) is 6.20 Å². The van der Waals surface area contributed by atoms with Crippen LogP contribution in [-0.4, -0.2) is 34.6 Å². The molecule has 0 fully saturated rings. The largest absolute Gasteiger partial charge is 0.480 e. The molecule has 0 aliphatic carbocycles. The second-order valence-electron chi connectivity index (χ2n) is 5.47. The summed E-state index contributed by atoms with van der Waals surface area (Å²) in [5, 5.41) is 9.74.